The fourth-order valence-electron chi connectivity index (χ4n) is 2.25. The molecule has 11 heavy (non-hydrogen) atoms. The highest BCUT2D eigenvalue weighted by atomic mass is 16.3. The molecule has 2 heteroatoms. The lowest BCUT2D eigenvalue weighted by Gasteiger charge is -2.32. The average molecular weight is 157 g/mol. The minimum Gasteiger partial charge on any atom is -0.391 e. The predicted molar refractivity (Wildman–Crippen MR) is 46.3 cm³/mol. The number of aliphatic hydroxyl groups excluding tert-OH is 1. The zero-order valence-electron chi connectivity index (χ0n) is 7.34. The minimum absolute atomic E-state index is 0.175. The Bertz CT molecular complexity index is 119. The van der Waals surface area contributed by atoms with Gasteiger partial charge in [0.05, 0.1) is 6.10 Å². The van der Waals surface area contributed by atoms with E-state index >= 15 is 0 Å². The van der Waals surface area contributed by atoms with Gasteiger partial charge in [-0.3, -0.25) is 0 Å². The summed E-state index contributed by atoms with van der Waals surface area (Å²) < 4.78 is 0. The number of hydrogen-bond acceptors (Lipinski definition) is 2. The van der Waals surface area contributed by atoms with E-state index in [1.165, 1.54) is 25.7 Å². The van der Waals surface area contributed by atoms with Crippen molar-refractivity contribution in [3.8, 4) is 0 Å². The minimum atomic E-state index is -0.269. The van der Waals surface area contributed by atoms with Crippen molar-refractivity contribution in [2.75, 3.05) is 6.54 Å². The zero-order valence-corrected chi connectivity index (χ0v) is 7.34. The molecule has 0 aromatic carbocycles. The Morgan fingerprint density at radius 2 is 2.00 bits per heavy atom. The summed E-state index contributed by atoms with van der Waals surface area (Å²) in [5, 5.41) is 9.68. The van der Waals surface area contributed by atoms with Gasteiger partial charge in [-0.15, -0.1) is 0 Å². The molecule has 3 N–H and O–H groups in total. The highest BCUT2D eigenvalue weighted by Crippen LogP contribution is 2.43. The lowest BCUT2D eigenvalue weighted by Crippen LogP contribution is -2.37. The summed E-state index contributed by atoms with van der Waals surface area (Å²) in [6, 6.07) is 0. The Kier molecular flexibility index (Phi) is 2.90. The quantitative estimate of drug-likeness (QED) is 0.648. The molecule has 1 saturated carbocycles. The van der Waals surface area contributed by atoms with Gasteiger partial charge in [0.15, 0.2) is 0 Å². The van der Waals surface area contributed by atoms with Gasteiger partial charge in [0.2, 0.25) is 0 Å². The van der Waals surface area contributed by atoms with Crippen molar-refractivity contribution in [2.45, 2.75) is 45.1 Å². The van der Waals surface area contributed by atoms with Crippen LogP contribution in [0.25, 0.3) is 0 Å². The van der Waals surface area contributed by atoms with E-state index in [9.17, 15) is 5.11 Å². The van der Waals surface area contributed by atoms with Crippen LogP contribution in [0.3, 0.4) is 0 Å². The highest BCUT2D eigenvalue weighted by Gasteiger charge is 2.37. The Labute approximate surface area is 68.8 Å². The van der Waals surface area contributed by atoms with Gasteiger partial charge in [-0.25, -0.2) is 0 Å². The van der Waals surface area contributed by atoms with Gasteiger partial charge in [0, 0.05) is 6.54 Å². The topological polar surface area (TPSA) is 46.2 Å². The first-order valence-corrected chi connectivity index (χ1v) is 4.63. The molecule has 1 fully saturated rings. The molecule has 0 radical (unpaired) electrons. The summed E-state index contributed by atoms with van der Waals surface area (Å²) in [5.74, 6) is 0. The van der Waals surface area contributed by atoms with E-state index < -0.39 is 0 Å². The fraction of sp³-hybridized carbons (Fsp3) is 1.00. The van der Waals surface area contributed by atoms with E-state index in [0.717, 1.165) is 6.42 Å². The summed E-state index contributed by atoms with van der Waals surface area (Å²) in [7, 11) is 0. The number of rotatable bonds is 3. The van der Waals surface area contributed by atoms with Crippen LogP contribution in [0.1, 0.15) is 39.0 Å². The van der Waals surface area contributed by atoms with Crippen LogP contribution in [0.15, 0.2) is 0 Å². The molecule has 1 aliphatic carbocycles. The second kappa shape index (κ2) is 3.55. The van der Waals surface area contributed by atoms with Crippen LogP contribution in [0.2, 0.25) is 0 Å². The normalized spacial score (nSPS) is 25.4. The van der Waals surface area contributed by atoms with Gasteiger partial charge >= 0.3 is 0 Å². The first-order chi connectivity index (χ1) is 5.25. The van der Waals surface area contributed by atoms with Crippen LogP contribution in [0, 0.1) is 5.41 Å². The van der Waals surface area contributed by atoms with Crippen LogP contribution in [-0.2, 0) is 0 Å². The molecule has 0 aromatic rings. The third-order valence-electron chi connectivity index (χ3n) is 3.23. The van der Waals surface area contributed by atoms with Gasteiger partial charge in [-0.2, -0.15) is 0 Å². The molecule has 1 atom stereocenters. The van der Waals surface area contributed by atoms with Crippen LogP contribution < -0.4 is 5.73 Å². The molecule has 66 valence electrons. The van der Waals surface area contributed by atoms with E-state index in [-0.39, 0.29) is 11.5 Å². The molecule has 0 aromatic heterocycles. The Hall–Kier alpha value is -0.0800. The van der Waals surface area contributed by atoms with E-state index in [2.05, 4.69) is 6.92 Å². The van der Waals surface area contributed by atoms with Crippen molar-refractivity contribution >= 4 is 0 Å². The van der Waals surface area contributed by atoms with Crippen molar-refractivity contribution in [3.63, 3.8) is 0 Å². The number of hydrogen-bond donors (Lipinski definition) is 2. The van der Waals surface area contributed by atoms with Crippen molar-refractivity contribution in [1.29, 1.82) is 0 Å². The van der Waals surface area contributed by atoms with Crippen molar-refractivity contribution in [3.05, 3.63) is 0 Å². The van der Waals surface area contributed by atoms with E-state index in [1.54, 1.807) is 0 Å². The largest absolute Gasteiger partial charge is 0.391 e. The van der Waals surface area contributed by atoms with Crippen LogP contribution in [0.5, 0.6) is 0 Å². The maximum absolute atomic E-state index is 9.68. The average Bonchev–Trinajstić information content (AvgIpc) is 2.52. The summed E-state index contributed by atoms with van der Waals surface area (Å²) in [4.78, 5) is 0. The molecule has 1 rings (SSSR count). The molecular formula is C9H19NO. The lowest BCUT2D eigenvalue weighted by atomic mass is 9.78. The second-order valence-corrected chi connectivity index (χ2v) is 3.67. The summed E-state index contributed by atoms with van der Waals surface area (Å²) in [5.41, 5.74) is 5.64. The van der Waals surface area contributed by atoms with Crippen molar-refractivity contribution in [1.82, 2.24) is 0 Å². The fourth-order valence-corrected chi connectivity index (χ4v) is 2.25. The van der Waals surface area contributed by atoms with Gasteiger partial charge in [0.25, 0.3) is 0 Å². The molecule has 0 heterocycles. The number of aliphatic hydroxyl groups is 1. The van der Waals surface area contributed by atoms with E-state index in [4.69, 9.17) is 5.73 Å². The van der Waals surface area contributed by atoms with Crippen LogP contribution >= 0.6 is 0 Å². The Morgan fingerprint density at radius 1 is 1.45 bits per heavy atom. The maximum Gasteiger partial charge on any atom is 0.0718 e. The molecular weight excluding hydrogens is 138 g/mol. The van der Waals surface area contributed by atoms with Crippen LogP contribution in [0.4, 0.5) is 0 Å². The molecule has 0 saturated heterocycles. The molecule has 0 bridgehead atoms. The predicted octanol–water partition coefficient (Wildman–Crippen LogP) is 1.28. The van der Waals surface area contributed by atoms with E-state index in [1.807, 2.05) is 0 Å². The molecule has 1 aliphatic rings. The van der Waals surface area contributed by atoms with Gasteiger partial charge in [-0.1, -0.05) is 19.8 Å². The number of nitrogens with two attached hydrogens (primary N) is 1. The summed E-state index contributed by atoms with van der Waals surface area (Å²) >= 11 is 0. The van der Waals surface area contributed by atoms with Crippen molar-refractivity contribution < 1.29 is 5.11 Å². The first-order valence-electron chi connectivity index (χ1n) is 4.63. The molecule has 2 nitrogen and oxygen atoms in total. The molecule has 1 unspecified atom stereocenters. The monoisotopic (exact) mass is 157 g/mol. The van der Waals surface area contributed by atoms with Gasteiger partial charge in [-0.05, 0) is 24.7 Å². The van der Waals surface area contributed by atoms with Gasteiger partial charge in [0.1, 0.15) is 0 Å². The summed E-state index contributed by atoms with van der Waals surface area (Å²) in [6.07, 6.45) is 5.68. The third-order valence-corrected chi connectivity index (χ3v) is 3.23. The van der Waals surface area contributed by atoms with Crippen molar-refractivity contribution in [2.24, 2.45) is 11.1 Å². The first kappa shape index (κ1) is 9.01. The SMILES string of the molecule is CCC1(C(O)CN)CCCC1. The smallest absolute Gasteiger partial charge is 0.0718 e. The standard InChI is InChI=1S/C9H19NO/c1-2-9(8(11)7-10)5-3-4-6-9/h8,11H,2-7,10H2,1H3. The Balaban J connectivity index is 2.58. The second-order valence-electron chi connectivity index (χ2n) is 3.67. The third kappa shape index (κ3) is 1.57. The zero-order chi connectivity index (χ0) is 8.32. The van der Waals surface area contributed by atoms with E-state index in [0.29, 0.717) is 6.54 Å². The highest BCUT2D eigenvalue weighted by molar-refractivity contribution is 4.89. The Morgan fingerprint density at radius 3 is 2.36 bits per heavy atom. The molecule has 0 aliphatic heterocycles. The molecule has 0 spiro atoms. The van der Waals surface area contributed by atoms with Gasteiger partial charge < -0.3 is 10.8 Å². The lowest BCUT2D eigenvalue weighted by molar-refractivity contribution is 0.0323. The van der Waals surface area contributed by atoms with Crippen LogP contribution in [-0.4, -0.2) is 17.8 Å². The molecule has 0 amide bonds. The maximum atomic E-state index is 9.68. The summed E-state index contributed by atoms with van der Waals surface area (Å²) in [6.45, 7) is 2.58.